The van der Waals surface area contributed by atoms with Crippen molar-refractivity contribution in [2.24, 2.45) is 0 Å². The molecule has 0 aromatic rings. The normalized spacial score (nSPS) is 10.2. The number of carboxylic acids is 1. The molecule has 0 aliphatic carbocycles. The predicted octanol–water partition coefficient (Wildman–Crippen LogP) is 1.39. The second-order valence-corrected chi connectivity index (χ2v) is 2.17. The molecule has 0 heterocycles. The lowest BCUT2D eigenvalue weighted by atomic mass is 10.2. The SMILES string of the molecule is O=CCCCC=CCC(=O)O. The summed E-state index contributed by atoms with van der Waals surface area (Å²) in [7, 11) is 0. The number of rotatable bonds is 6. The van der Waals surface area contributed by atoms with Crippen LogP contribution in [0.4, 0.5) is 0 Å². The van der Waals surface area contributed by atoms with Gasteiger partial charge in [-0.05, 0) is 12.8 Å². The van der Waals surface area contributed by atoms with Crippen LogP contribution in [-0.4, -0.2) is 17.4 Å². The zero-order valence-electron chi connectivity index (χ0n) is 6.32. The maximum atomic E-state index is 9.98. The molecule has 3 heteroatoms. The highest BCUT2D eigenvalue weighted by atomic mass is 16.4. The van der Waals surface area contributed by atoms with Gasteiger partial charge in [-0.1, -0.05) is 12.2 Å². The van der Waals surface area contributed by atoms with Crippen LogP contribution in [0.5, 0.6) is 0 Å². The average molecular weight is 156 g/mol. The van der Waals surface area contributed by atoms with Gasteiger partial charge in [-0.2, -0.15) is 0 Å². The van der Waals surface area contributed by atoms with Crippen LogP contribution in [-0.2, 0) is 9.59 Å². The minimum Gasteiger partial charge on any atom is -0.481 e. The zero-order chi connectivity index (χ0) is 8.53. The lowest BCUT2D eigenvalue weighted by Gasteiger charge is -1.86. The van der Waals surface area contributed by atoms with Crippen LogP contribution in [0.1, 0.15) is 25.7 Å². The van der Waals surface area contributed by atoms with E-state index in [1.807, 2.05) is 0 Å². The summed E-state index contributed by atoms with van der Waals surface area (Å²) in [6, 6.07) is 0. The molecule has 0 bridgehead atoms. The lowest BCUT2D eigenvalue weighted by Crippen LogP contribution is -1.89. The van der Waals surface area contributed by atoms with Crippen molar-refractivity contribution in [2.45, 2.75) is 25.7 Å². The Morgan fingerprint density at radius 1 is 1.27 bits per heavy atom. The van der Waals surface area contributed by atoms with Crippen LogP contribution in [0.15, 0.2) is 12.2 Å². The van der Waals surface area contributed by atoms with Crippen molar-refractivity contribution >= 4 is 12.3 Å². The van der Waals surface area contributed by atoms with Crippen molar-refractivity contribution in [1.29, 1.82) is 0 Å². The molecule has 0 radical (unpaired) electrons. The summed E-state index contributed by atoms with van der Waals surface area (Å²) >= 11 is 0. The van der Waals surface area contributed by atoms with Gasteiger partial charge in [-0.25, -0.2) is 0 Å². The third-order valence-corrected chi connectivity index (χ3v) is 1.15. The van der Waals surface area contributed by atoms with Crippen molar-refractivity contribution in [3.63, 3.8) is 0 Å². The molecule has 0 saturated heterocycles. The van der Waals surface area contributed by atoms with E-state index in [1.165, 1.54) is 0 Å². The maximum Gasteiger partial charge on any atom is 0.307 e. The number of aldehydes is 1. The Labute approximate surface area is 65.7 Å². The summed E-state index contributed by atoms with van der Waals surface area (Å²) < 4.78 is 0. The van der Waals surface area contributed by atoms with E-state index in [0.717, 1.165) is 19.1 Å². The van der Waals surface area contributed by atoms with Gasteiger partial charge in [0.25, 0.3) is 0 Å². The average Bonchev–Trinajstić information content (AvgIpc) is 1.96. The number of carbonyl (C=O) groups is 2. The highest BCUT2D eigenvalue weighted by Gasteiger charge is 1.88. The molecule has 0 fully saturated rings. The first-order valence-electron chi connectivity index (χ1n) is 3.58. The number of allylic oxidation sites excluding steroid dienone is 1. The highest BCUT2D eigenvalue weighted by molar-refractivity contribution is 5.68. The second-order valence-electron chi connectivity index (χ2n) is 2.17. The fraction of sp³-hybridized carbons (Fsp3) is 0.500. The first-order valence-corrected chi connectivity index (χ1v) is 3.58. The van der Waals surface area contributed by atoms with E-state index in [9.17, 15) is 9.59 Å². The second kappa shape index (κ2) is 6.99. The first-order chi connectivity index (χ1) is 5.27. The Morgan fingerprint density at radius 3 is 2.55 bits per heavy atom. The van der Waals surface area contributed by atoms with E-state index in [4.69, 9.17) is 5.11 Å². The van der Waals surface area contributed by atoms with Gasteiger partial charge in [0, 0.05) is 6.42 Å². The molecule has 0 aromatic carbocycles. The molecule has 1 N–H and O–H groups in total. The minimum absolute atomic E-state index is 0.0705. The van der Waals surface area contributed by atoms with Crippen LogP contribution in [0, 0.1) is 0 Å². The molecule has 62 valence electrons. The van der Waals surface area contributed by atoms with Gasteiger partial charge in [0.1, 0.15) is 6.29 Å². The van der Waals surface area contributed by atoms with Crippen LogP contribution >= 0.6 is 0 Å². The quantitative estimate of drug-likeness (QED) is 0.359. The van der Waals surface area contributed by atoms with Crippen LogP contribution in [0.25, 0.3) is 0 Å². The standard InChI is InChI=1S/C8H12O3/c9-7-5-3-1-2-4-6-8(10)11/h2,4,7H,1,3,5-6H2,(H,10,11). The molecule has 11 heavy (non-hydrogen) atoms. The monoisotopic (exact) mass is 156 g/mol. The molecule has 0 aliphatic rings. The third-order valence-electron chi connectivity index (χ3n) is 1.15. The molecule has 0 atom stereocenters. The van der Waals surface area contributed by atoms with Crippen LogP contribution in [0.3, 0.4) is 0 Å². The van der Waals surface area contributed by atoms with Gasteiger partial charge in [-0.3, -0.25) is 4.79 Å². The number of hydrogen-bond donors (Lipinski definition) is 1. The summed E-state index contributed by atoms with van der Waals surface area (Å²) in [5.74, 6) is -0.823. The van der Waals surface area contributed by atoms with Gasteiger partial charge in [0.15, 0.2) is 0 Å². The number of hydrogen-bond acceptors (Lipinski definition) is 2. The number of carbonyl (C=O) groups excluding carboxylic acids is 1. The minimum atomic E-state index is -0.823. The maximum absolute atomic E-state index is 9.98. The third kappa shape index (κ3) is 8.88. The largest absolute Gasteiger partial charge is 0.481 e. The fourth-order valence-electron chi connectivity index (χ4n) is 0.621. The van der Waals surface area contributed by atoms with Crippen LogP contribution < -0.4 is 0 Å². The van der Waals surface area contributed by atoms with Gasteiger partial charge in [0.05, 0.1) is 6.42 Å². The van der Waals surface area contributed by atoms with Gasteiger partial charge in [-0.15, -0.1) is 0 Å². The van der Waals surface area contributed by atoms with Crippen LogP contribution in [0.2, 0.25) is 0 Å². The van der Waals surface area contributed by atoms with E-state index in [0.29, 0.717) is 6.42 Å². The van der Waals surface area contributed by atoms with Gasteiger partial charge < -0.3 is 9.90 Å². The van der Waals surface area contributed by atoms with E-state index < -0.39 is 5.97 Å². The summed E-state index contributed by atoms with van der Waals surface area (Å²) in [6.07, 6.45) is 6.47. The molecule has 0 rings (SSSR count). The molecule has 3 nitrogen and oxygen atoms in total. The molecular weight excluding hydrogens is 144 g/mol. The summed E-state index contributed by atoms with van der Waals surface area (Å²) in [5, 5.41) is 8.21. The van der Waals surface area contributed by atoms with E-state index >= 15 is 0 Å². The molecule has 0 amide bonds. The van der Waals surface area contributed by atoms with Crippen molar-refractivity contribution in [3.05, 3.63) is 12.2 Å². The topological polar surface area (TPSA) is 54.4 Å². The van der Waals surface area contributed by atoms with Gasteiger partial charge in [0.2, 0.25) is 0 Å². The molecule has 0 saturated carbocycles. The van der Waals surface area contributed by atoms with E-state index in [2.05, 4.69) is 0 Å². The summed E-state index contributed by atoms with van der Waals surface area (Å²) in [5.41, 5.74) is 0. The number of unbranched alkanes of at least 4 members (excludes halogenated alkanes) is 2. The molecular formula is C8H12O3. The van der Waals surface area contributed by atoms with Crippen molar-refractivity contribution in [1.82, 2.24) is 0 Å². The van der Waals surface area contributed by atoms with Crippen molar-refractivity contribution in [3.8, 4) is 0 Å². The smallest absolute Gasteiger partial charge is 0.307 e. The Balaban J connectivity index is 3.16. The highest BCUT2D eigenvalue weighted by Crippen LogP contribution is 1.94. The Kier molecular flexibility index (Phi) is 6.28. The van der Waals surface area contributed by atoms with Gasteiger partial charge >= 0.3 is 5.97 Å². The Hall–Kier alpha value is -1.12. The molecule has 0 spiro atoms. The number of carboxylic acid groups (broad SMARTS) is 1. The van der Waals surface area contributed by atoms with Crippen molar-refractivity contribution in [2.75, 3.05) is 0 Å². The van der Waals surface area contributed by atoms with E-state index in [1.54, 1.807) is 12.2 Å². The summed E-state index contributed by atoms with van der Waals surface area (Å²) in [6.45, 7) is 0. The predicted molar refractivity (Wildman–Crippen MR) is 41.3 cm³/mol. The summed E-state index contributed by atoms with van der Waals surface area (Å²) in [4.78, 5) is 19.8. The molecule has 0 aromatic heterocycles. The Bertz CT molecular complexity index is 149. The first kappa shape index (κ1) is 9.88. The lowest BCUT2D eigenvalue weighted by molar-refractivity contribution is -0.136. The zero-order valence-corrected chi connectivity index (χ0v) is 6.32. The van der Waals surface area contributed by atoms with Crippen molar-refractivity contribution < 1.29 is 14.7 Å². The fourth-order valence-corrected chi connectivity index (χ4v) is 0.621. The molecule has 0 unspecified atom stereocenters. The molecule has 0 aliphatic heterocycles. The Morgan fingerprint density at radius 2 is 2.00 bits per heavy atom. The number of aliphatic carboxylic acids is 1. The van der Waals surface area contributed by atoms with E-state index in [-0.39, 0.29) is 6.42 Å².